The lowest BCUT2D eigenvalue weighted by molar-refractivity contribution is 0.0896. The third kappa shape index (κ3) is 1.93. The molecule has 0 aliphatic heterocycles. The van der Waals surface area contributed by atoms with Crippen LogP contribution in [0.15, 0.2) is 30.5 Å². The largest absolute Gasteiger partial charge is 0.361 e. The van der Waals surface area contributed by atoms with E-state index in [4.69, 9.17) is 0 Å². The van der Waals surface area contributed by atoms with Gasteiger partial charge in [0.05, 0.1) is 0 Å². The summed E-state index contributed by atoms with van der Waals surface area (Å²) in [5.41, 5.74) is 1.75. The van der Waals surface area contributed by atoms with E-state index in [0.29, 0.717) is 6.04 Å². The molecule has 0 spiro atoms. The van der Waals surface area contributed by atoms with Crippen LogP contribution < -0.4 is 5.32 Å². The van der Waals surface area contributed by atoms with Crippen molar-refractivity contribution in [2.24, 2.45) is 5.92 Å². The summed E-state index contributed by atoms with van der Waals surface area (Å²) in [6, 6.07) is 8.15. The van der Waals surface area contributed by atoms with Crippen LogP contribution in [0.4, 0.5) is 0 Å². The van der Waals surface area contributed by atoms with Crippen molar-refractivity contribution in [2.45, 2.75) is 25.8 Å². The van der Waals surface area contributed by atoms with Crippen molar-refractivity contribution in [3.05, 3.63) is 36.0 Å². The molecule has 0 bridgehead atoms. The summed E-state index contributed by atoms with van der Waals surface area (Å²) in [7, 11) is 0. The van der Waals surface area contributed by atoms with Gasteiger partial charge >= 0.3 is 0 Å². The maximum atomic E-state index is 12.0. The Morgan fingerprint density at radius 2 is 2.18 bits per heavy atom. The first kappa shape index (κ1) is 10.4. The number of H-pyrrole nitrogens is 1. The number of fused-ring (bicyclic) bond motifs is 1. The molecule has 1 saturated carbocycles. The summed E-state index contributed by atoms with van der Waals surface area (Å²) in [5, 5.41) is 4.20. The van der Waals surface area contributed by atoms with Crippen LogP contribution in [0.3, 0.4) is 0 Å². The zero-order chi connectivity index (χ0) is 11.8. The van der Waals surface area contributed by atoms with E-state index in [1.54, 1.807) is 0 Å². The molecule has 1 fully saturated rings. The molecule has 0 atom stereocenters. The van der Waals surface area contributed by atoms with Gasteiger partial charge in [-0.15, -0.1) is 0 Å². The van der Waals surface area contributed by atoms with Gasteiger partial charge in [-0.25, -0.2) is 0 Å². The van der Waals surface area contributed by atoms with Crippen molar-refractivity contribution in [1.82, 2.24) is 10.3 Å². The van der Waals surface area contributed by atoms with Crippen LogP contribution in [0.2, 0.25) is 0 Å². The molecule has 1 aromatic heterocycles. The van der Waals surface area contributed by atoms with Crippen LogP contribution in [0.25, 0.3) is 10.9 Å². The second kappa shape index (κ2) is 3.91. The highest BCUT2D eigenvalue weighted by atomic mass is 16.1. The first-order valence-electron chi connectivity index (χ1n) is 6.10. The molecule has 1 heterocycles. The fourth-order valence-electron chi connectivity index (χ4n) is 2.48. The lowest BCUT2D eigenvalue weighted by Gasteiger charge is -2.33. The van der Waals surface area contributed by atoms with Crippen molar-refractivity contribution < 1.29 is 4.79 Å². The average molecular weight is 228 g/mol. The smallest absolute Gasteiger partial charge is 0.251 e. The van der Waals surface area contributed by atoms with Crippen LogP contribution in [-0.4, -0.2) is 16.9 Å². The lowest BCUT2D eigenvalue weighted by atomic mass is 9.82. The Kier molecular flexibility index (Phi) is 2.39. The Hall–Kier alpha value is -1.77. The van der Waals surface area contributed by atoms with E-state index in [9.17, 15) is 4.79 Å². The van der Waals surface area contributed by atoms with Crippen molar-refractivity contribution >= 4 is 16.8 Å². The molecular formula is C14H16N2O. The summed E-state index contributed by atoms with van der Waals surface area (Å²) in [6.07, 6.45) is 4.10. The van der Waals surface area contributed by atoms with Crippen LogP contribution in [-0.2, 0) is 0 Å². The molecule has 1 amide bonds. The normalized spacial score (nSPS) is 23.4. The van der Waals surface area contributed by atoms with Gasteiger partial charge in [-0.2, -0.15) is 0 Å². The topological polar surface area (TPSA) is 44.9 Å². The molecule has 0 unspecified atom stereocenters. The van der Waals surface area contributed by atoms with Crippen LogP contribution in [0, 0.1) is 5.92 Å². The van der Waals surface area contributed by atoms with Gasteiger partial charge in [0.15, 0.2) is 0 Å². The van der Waals surface area contributed by atoms with Crippen molar-refractivity contribution in [2.75, 3.05) is 0 Å². The van der Waals surface area contributed by atoms with Gasteiger partial charge < -0.3 is 10.3 Å². The van der Waals surface area contributed by atoms with Gasteiger partial charge in [0.2, 0.25) is 0 Å². The first-order valence-corrected chi connectivity index (χ1v) is 6.10. The molecule has 17 heavy (non-hydrogen) atoms. The molecule has 2 aromatic rings. The number of hydrogen-bond donors (Lipinski definition) is 2. The fourth-order valence-corrected chi connectivity index (χ4v) is 2.48. The lowest BCUT2D eigenvalue weighted by Crippen LogP contribution is -2.43. The van der Waals surface area contributed by atoms with E-state index in [1.165, 1.54) is 0 Å². The highest BCUT2D eigenvalue weighted by Gasteiger charge is 2.26. The van der Waals surface area contributed by atoms with Crippen molar-refractivity contribution in [1.29, 1.82) is 0 Å². The third-order valence-corrected chi connectivity index (χ3v) is 3.53. The molecule has 88 valence electrons. The number of carbonyl (C=O) groups is 1. The van der Waals surface area contributed by atoms with Gasteiger partial charge in [0.1, 0.15) is 0 Å². The molecule has 3 heteroatoms. The van der Waals surface area contributed by atoms with Gasteiger partial charge in [-0.3, -0.25) is 4.79 Å². The van der Waals surface area contributed by atoms with Crippen molar-refractivity contribution in [3.8, 4) is 0 Å². The van der Waals surface area contributed by atoms with Gasteiger partial charge in [0, 0.05) is 23.3 Å². The predicted octanol–water partition coefficient (Wildman–Crippen LogP) is 2.70. The summed E-state index contributed by atoms with van der Waals surface area (Å²) in [4.78, 5) is 15.1. The first-order chi connectivity index (χ1) is 8.22. The minimum Gasteiger partial charge on any atom is -0.361 e. The van der Waals surface area contributed by atoms with Crippen LogP contribution in [0.1, 0.15) is 30.1 Å². The van der Waals surface area contributed by atoms with Crippen molar-refractivity contribution in [3.63, 3.8) is 0 Å². The summed E-state index contributed by atoms with van der Waals surface area (Å²) in [6.45, 7) is 2.22. The Bertz CT molecular complexity index is 552. The molecule has 3 rings (SSSR count). The number of amides is 1. The molecule has 0 saturated heterocycles. The Labute approximate surface area is 100 Å². The maximum absolute atomic E-state index is 12.0. The van der Waals surface area contributed by atoms with E-state index < -0.39 is 0 Å². The minimum atomic E-state index is 0.0402. The van der Waals surface area contributed by atoms with E-state index >= 15 is 0 Å². The molecule has 3 nitrogen and oxygen atoms in total. The summed E-state index contributed by atoms with van der Waals surface area (Å²) < 4.78 is 0. The van der Waals surface area contributed by atoms with E-state index in [2.05, 4.69) is 17.2 Å². The maximum Gasteiger partial charge on any atom is 0.251 e. The van der Waals surface area contributed by atoms with E-state index in [-0.39, 0.29) is 5.91 Å². The number of aromatic amines is 1. The molecule has 2 N–H and O–H groups in total. The standard InChI is InChI=1S/C14H16N2O/c1-9-6-12(7-9)16-14(17)11-3-2-10-4-5-15-13(10)8-11/h2-5,8-9,12,15H,6-7H2,1H3,(H,16,17). The summed E-state index contributed by atoms with van der Waals surface area (Å²) >= 11 is 0. The second-order valence-electron chi connectivity index (χ2n) is 5.03. The van der Waals surface area contributed by atoms with E-state index in [0.717, 1.165) is 35.2 Å². The molecule has 1 aromatic carbocycles. The Balaban J connectivity index is 1.76. The monoisotopic (exact) mass is 228 g/mol. The fraction of sp³-hybridized carbons (Fsp3) is 0.357. The minimum absolute atomic E-state index is 0.0402. The molecule has 1 aliphatic carbocycles. The quantitative estimate of drug-likeness (QED) is 0.815. The summed E-state index contributed by atoms with van der Waals surface area (Å²) in [5.74, 6) is 0.796. The number of nitrogens with one attached hydrogen (secondary N) is 2. The van der Waals surface area contributed by atoms with Crippen LogP contribution in [0.5, 0.6) is 0 Å². The van der Waals surface area contributed by atoms with Gasteiger partial charge in [-0.1, -0.05) is 13.0 Å². The van der Waals surface area contributed by atoms with Gasteiger partial charge in [-0.05, 0) is 42.3 Å². The molecule has 1 aliphatic rings. The molecule has 0 radical (unpaired) electrons. The zero-order valence-corrected chi connectivity index (χ0v) is 9.86. The zero-order valence-electron chi connectivity index (χ0n) is 9.86. The van der Waals surface area contributed by atoms with E-state index in [1.807, 2.05) is 30.5 Å². The number of carbonyl (C=O) groups excluding carboxylic acids is 1. The van der Waals surface area contributed by atoms with Gasteiger partial charge in [0.25, 0.3) is 5.91 Å². The number of aromatic nitrogens is 1. The predicted molar refractivity (Wildman–Crippen MR) is 68.0 cm³/mol. The third-order valence-electron chi connectivity index (χ3n) is 3.53. The number of benzene rings is 1. The molecular weight excluding hydrogens is 212 g/mol. The second-order valence-corrected chi connectivity index (χ2v) is 5.03. The highest BCUT2D eigenvalue weighted by Crippen LogP contribution is 2.26. The SMILES string of the molecule is CC1CC(NC(=O)c2ccc3cc[nH]c3c2)C1. The number of hydrogen-bond acceptors (Lipinski definition) is 1. The Morgan fingerprint density at radius 1 is 1.35 bits per heavy atom. The number of rotatable bonds is 2. The highest BCUT2D eigenvalue weighted by molar-refractivity contribution is 5.98. The van der Waals surface area contributed by atoms with Crippen LogP contribution >= 0.6 is 0 Å². The average Bonchev–Trinajstić information content (AvgIpc) is 2.73. The Morgan fingerprint density at radius 3 is 2.94 bits per heavy atom.